The van der Waals surface area contributed by atoms with Gasteiger partial charge in [-0.2, -0.15) is 9.49 Å². The minimum Gasteiger partial charge on any atom is -0.760 e. The third-order valence-corrected chi connectivity index (χ3v) is 6.52. The number of hydrogen-bond acceptors (Lipinski definition) is 7. The zero-order valence-electron chi connectivity index (χ0n) is 17.7. The fraction of sp³-hybridized carbons (Fsp3) is 0.227. The molecular formula is C22H20FN6O3S-. The van der Waals surface area contributed by atoms with Gasteiger partial charge >= 0.3 is 0 Å². The van der Waals surface area contributed by atoms with E-state index in [-0.39, 0.29) is 5.56 Å². The molecule has 170 valence electrons. The second-order valence-corrected chi connectivity index (χ2v) is 8.50. The highest BCUT2D eigenvalue weighted by molar-refractivity contribution is 7.76. The van der Waals surface area contributed by atoms with Gasteiger partial charge in [0.1, 0.15) is 17.3 Å². The third kappa shape index (κ3) is 4.06. The fourth-order valence-electron chi connectivity index (χ4n) is 4.05. The Bertz CT molecular complexity index is 1340. The average Bonchev–Trinajstić information content (AvgIpc) is 3.27. The van der Waals surface area contributed by atoms with E-state index in [0.29, 0.717) is 43.2 Å². The van der Waals surface area contributed by atoms with Crippen molar-refractivity contribution in [1.29, 1.82) is 0 Å². The van der Waals surface area contributed by atoms with Gasteiger partial charge in [-0.3, -0.25) is 9.31 Å². The number of halogens is 1. The molecule has 1 aromatic carbocycles. The van der Waals surface area contributed by atoms with Crippen LogP contribution in [0.5, 0.6) is 5.75 Å². The van der Waals surface area contributed by atoms with Crippen LogP contribution in [0, 0.1) is 5.95 Å². The van der Waals surface area contributed by atoms with Crippen LogP contribution in [0.4, 0.5) is 10.2 Å². The molecule has 0 aliphatic carbocycles. The predicted octanol–water partition coefficient (Wildman–Crippen LogP) is 2.75. The number of fused-ring (bicyclic) bond motifs is 1. The van der Waals surface area contributed by atoms with Gasteiger partial charge in [0.05, 0.1) is 18.2 Å². The molecule has 4 heterocycles. The lowest BCUT2D eigenvalue weighted by Crippen LogP contribution is -2.47. The normalized spacial score (nSPS) is 15.7. The van der Waals surface area contributed by atoms with Crippen LogP contribution in [0.1, 0.15) is 0 Å². The first-order valence-electron chi connectivity index (χ1n) is 10.3. The standard InChI is InChI=1S/C22H21FN6O3S/c1-32-18-5-7-25-22(23)20(18)14-2-3-17-16(12-14)21(27-26-17)15-4-6-24-19(13-15)28-8-10-29(11-9-28)33(30)31/h2-7,12-13H,8-11H2,1H3,(H,26,27)(H,30,31)/p-1. The first-order chi connectivity index (χ1) is 16.0. The van der Waals surface area contributed by atoms with E-state index in [9.17, 15) is 13.2 Å². The maximum absolute atomic E-state index is 14.5. The minimum atomic E-state index is -2.21. The van der Waals surface area contributed by atoms with E-state index >= 15 is 0 Å². The summed E-state index contributed by atoms with van der Waals surface area (Å²) in [7, 11) is 1.49. The number of nitrogens with zero attached hydrogens (tertiary/aromatic N) is 5. The zero-order valence-corrected chi connectivity index (χ0v) is 18.5. The number of nitrogens with one attached hydrogen (secondary N) is 1. The molecule has 4 aromatic rings. The van der Waals surface area contributed by atoms with Gasteiger partial charge in [-0.25, -0.2) is 14.3 Å². The van der Waals surface area contributed by atoms with E-state index < -0.39 is 17.2 Å². The van der Waals surface area contributed by atoms with Crippen LogP contribution in [-0.4, -0.2) is 66.5 Å². The molecular weight excluding hydrogens is 447 g/mol. The van der Waals surface area contributed by atoms with Gasteiger partial charge in [-0.1, -0.05) is 6.07 Å². The van der Waals surface area contributed by atoms with Crippen molar-refractivity contribution in [2.24, 2.45) is 0 Å². The monoisotopic (exact) mass is 467 g/mol. The summed E-state index contributed by atoms with van der Waals surface area (Å²) >= 11 is -2.21. The number of H-pyrrole nitrogens is 1. The van der Waals surface area contributed by atoms with Crippen LogP contribution in [0.25, 0.3) is 33.3 Å². The number of ether oxygens (including phenoxy) is 1. The second kappa shape index (κ2) is 8.85. The second-order valence-electron chi connectivity index (χ2n) is 7.55. The van der Waals surface area contributed by atoms with Crippen molar-refractivity contribution < 1.29 is 17.9 Å². The van der Waals surface area contributed by atoms with Gasteiger partial charge < -0.3 is 14.2 Å². The Morgan fingerprint density at radius 1 is 1.06 bits per heavy atom. The molecule has 33 heavy (non-hydrogen) atoms. The average molecular weight is 468 g/mol. The molecule has 1 atom stereocenters. The lowest BCUT2D eigenvalue weighted by atomic mass is 10.0. The summed E-state index contributed by atoms with van der Waals surface area (Å²) in [6.45, 7) is 1.93. The molecule has 1 aliphatic rings. The first-order valence-corrected chi connectivity index (χ1v) is 11.3. The predicted molar refractivity (Wildman–Crippen MR) is 122 cm³/mol. The molecule has 1 saturated heterocycles. The molecule has 0 saturated carbocycles. The third-order valence-electron chi connectivity index (χ3n) is 5.73. The number of piperazine rings is 1. The zero-order chi connectivity index (χ0) is 22.9. The van der Waals surface area contributed by atoms with Gasteiger partial charge in [0, 0.05) is 60.8 Å². The number of aromatic amines is 1. The SMILES string of the molecule is COc1ccnc(F)c1-c1ccc2[nH]nc(-c3ccnc(N4CCN(S(=O)[O-])CC4)c3)c2c1. The lowest BCUT2D eigenvalue weighted by molar-refractivity contribution is 0.366. The molecule has 5 rings (SSSR count). The summed E-state index contributed by atoms with van der Waals surface area (Å²) < 4.78 is 43.6. The van der Waals surface area contributed by atoms with Crippen molar-refractivity contribution >= 4 is 28.0 Å². The van der Waals surface area contributed by atoms with E-state index in [1.807, 2.05) is 29.2 Å². The van der Waals surface area contributed by atoms with Gasteiger partial charge in [0.15, 0.2) is 0 Å². The summed E-state index contributed by atoms with van der Waals surface area (Å²) in [5, 5.41) is 8.33. The minimum absolute atomic E-state index is 0.290. The number of pyridine rings is 2. The number of benzene rings is 1. The molecule has 3 aromatic heterocycles. The summed E-state index contributed by atoms with van der Waals surface area (Å²) in [6, 6.07) is 10.9. The molecule has 0 bridgehead atoms. The molecule has 11 heteroatoms. The Morgan fingerprint density at radius 3 is 2.61 bits per heavy atom. The molecule has 1 fully saturated rings. The summed E-state index contributed by atoms with van der Waals surface area (Å²) in [5.74, 6) is 0.537. The molecule has 9 nitrogen and oxygen atoms in total. The Morgan fingerprint density at radius 2 is 1.85 bits per heavy atom. The summed E-state index contributed by atoms with van der Waals surface area (Å²) in [6.07, 6.45) is 3.07. The number of methoxy groups -OCH3 is 1. The summed E-state index contributed by atoms with van der Waals surface area (Å²) in [5.41, 5.74) is 3.28. The van der Waals surface area contributed by atoms with Crippen LogP contribution >= 0.6 is 0 Å². The van der Waals surface area contributed by atoms with Crippen LogP contribution in [0.3, 0.4) is 0 Å². The number of hydrogen-bond donors (Lipinski definition) is 1. The highest BCUT2D eigenvalue weighted by Gasteiger charge is 2.20. The van der Waals surface area contributed by atoms with Crippen LogP contribution in [0.15, 0.2) is 48.8 Å². The van der Waals surface area contributed by atoms with Gasteiger partial charge in [0.25, 0.3) is 0 Å². The Labute approximate surface area is 191 Å². The Balaban J connectivity index is 1.51. The lowest BCUT2D eigenvalue weighted by Gasteiger charge is -2.35. The van der Waals surface area contributed by atoms with Crippen LogP contribution in [0.2, 0.25) is 0 Å². The first kappa shape index (κ1) is 21.4. The largest absolute Gasteiger partial charge is 0.760 e. The molecule has 1 aliphatic heterocycles. The van der Waals surface area contributed by atoms with Crippen molar-refractivity contribution in [3.8, 4) is 28.1 Å². The van der Waals surface area contributed by atoms with Crippen LogP contribution < -0.4 is 9.64 Å². The van der Waals surface area contributed by atoms with E-state index in [0.717, 1.165) is 22.3 Å². The van der Waals surface area contributed by atoms with E-state index in [4.69, 9.17) is 4.74 Å². The Kier molecular flexibility index (Phi) is 5.75. The number of aromatic nitrogens is 4. The van der Waals surface area contributed by atoms with Crippen LogP contribution in [-0.2, 0) is 11.3 Å². The smallest absolute Gasteiger partial charge is 0.224 e. The van der Waals surface area contributed by atoms with E-state index in [1.54, 1.807) is 18.3 Å². The number of anilines is 1. The molecule has 1 unspecified atom stereocenters. The van der Waals surface area contributed by atoms with Crippen molar-refractivity contribution in [3.05, 3.63) is 54.7 Å². The van der Waals surface area contributed by atoms with Gasteiger partial charge in [-0.05, 0) is 35.9 Å². The van der Waals surface area contributed by atoms with E-state index in [1.165, 1.54) is 17.6 Å². The van der Waals surface area contributed by atoms with E-state index in [2.05, 4.69) is 20.2 Å². The quantitative estimate of drug-likeness (QED) is 0.355. The summed E-state index contributed by atoms with van der Waals surface area (Å²) in [4.78, 5) is 10.3. The maximum Gasteiger partial charge on any atom is 0.224 e. The topological polar surface area (TPSA) is 110 Å². The maximum atomic E-state index is 14.5. The Hall–Kier alpha value is -3.41. The molecule has 1 N–H and O–H groups in total. The fourth-order valence-corrected chi connectivity index (χ4v) is 4.51. The van der Waals surface area contributed by atoms with Crippen molar-refractivity contribution in [2.45, 2.75) is 0 Å². The van der Waals surface area contributed by atoms with Gasteiger partial charge in [-0.15, -0.1) is 0 Å². The molecule has 0 spiro atoms. The van der Waals surface area contributed by atoms with Gasteiger partial charge in [0.2, 0.25) is 5.95 Å². The highest BCUT2D eigenvalue weighted by atomic mass is 32.2. The highest BCUT2D eigenvalue weighted by Crippen LogP contribution is 2.36. The van der Waals surface area contributed by atoms with Crippen molar-refractivity contribution in [2.75, 3.05) is 38.2 Å². The van der Waals surface area contributed by atoms with Crippen molar-refractivity contribution in [3.63, 3.8) is 0 Å². The van der Waals surface area contributed by atoms with Crippen molar-refractivity contribution in [1.82, 2.24) is 24.5 Å². The number of rotatable bonds is 5. The molecule has 0 radical (unpaired) electrons. The molecule has 0 amide bonds.